The fourth-order valence-electron chi connectivity index (χ4n) is 0. The number of hydrogen-bond donors (Lipinski definition) is 0. The normalized spacial score (nSPS) is 10.5. The average molecular weight is 308 g/mol. The van der Waals surface area contributed by atoms with Crippen molar-refractivity contribution < 1.29 is 19.8 Å². The Morgan fingerprint density at radius 2 is 0.933 bits per heavy atom. The molecule has 0 atom stereocenters. The van der Waals surface area contributed by atoms with Crippen LogP contribution in [-0.2, 0) is 9.59 Å². The Morgan fingerprint density at radius 3 is 0.933 bits per heavy atom. The van der Waals surface area contributed by atoms with Crippen LogP contribution in [-0.4, -0.2) is 43.7 Å². The molecule has 0 fully saturated rings. The molecule has 9 heteroatoms. The summed E-state index contributed by atoms with van der Waals surface area (Å²) in [4.78, 5) is 19.3. The minimum absolute atomic E-state index is 0. The van der Waals surface area contributed by atoms with Gasteiger partial charge in [0.15, 0.2) is 8.67 Å². The van der Waals surface area contributed by atoms with Crippen molar-refractivity contribution in [1.82, 2.24) is 0 Å². The molecular weight excluding hydrogens is 302 g/mol. The fraction of sp³-hybridized carbons (Fsp3) is 0.667. The van der Waals surface area contributed by atoms with Gasteiger partial charge >= 0.3 is 23.1 Å². The van der Waals surface area contributed by atoms with Crippen molar-refractivity contribution in [3.8, 4) is 0 Å². The number of carboxylic acid groups (broad SMARTS) is 2. The molecule has 0 bridgehead atoms. The largest absolute Gasteiger partial charge is 2.00 e. The Balaban J connectivity index is -0.000000180. The topological polar surface area (TPSA) is 80.3 Å². The molecule has 0 aliphatic carbocycles. The van der Waals surface area contributed by atoms with E-state index in [1.165, 1.54) is 0 Å². The van der Waals surface area contributed by atoms with Crippen molar-refractivity contribution in [2.24, 2.45) is 0 Å². The van der Waals surface area contributed by atoms with Crippen LogP contribution in [0.2, 0.25) is 0 Å². The van der Waals surface area contributed by atoms with E-state index in [2.05, 4.69) is 0 Å². The van der Waals surface area contributed by atoms with E-state index in [1.807, 2.05) is 0 Å². The van der Waals surface area contributed by atoms with Gasteiger partial charge in [0.1, 0.15) is 0 Å². The molecule has 0 rings (SSSR count). The van der Waals surface area contributed by atoms with E-state index in [0.717, 1.165) is 13.8 Å². The summed E-state index contributed by atoms with van der Waals surface area (Å²) in [6.45, 7) is 2.26. The first-order chi connectivity index (χ1) is 5.89. The molecule has 0 spiro atoms. The Bertz CT molecular complexity index is 196. The van der Waals surface area contributed by atoms with Crippen LogP contribution in [0.15, 0.2) is 0 Å². The molecule has 0 heterocycles. The van der Waals surface area contributed by atoms with Crippen LogP contribution in [0.4, 0.5) is 0 Å². The van der Waals surface area contributed by atoms with Crippen LogP contribution in [0, 0.1) is 0 Å². The van der Waals surface area contributed by atoms with Crippen LogP contribution in [0.3, 0.4) is 0 Å². The molecule has 0 unspecified atom stereocenters. The minimum Gasteiger partial charge on any atom is -0.547 e. The maximum absolute atomic E-state index is 9.65. The van der Waals surface area contributed by atoms with E-state index in [0.29, 0.717) is 0 Å². The minimum atomic E-state index is -1.75. The summed E-state index contributed by atoms with van der Waals surface area (Å²) in [7, 11) is 0. The summed E-state index contributed by atoms with van der Waals surface area (Å²) >= 11 is 19.9. The first-order valence-electron chi connectivity index (χ1n) is 3.07. The summed E-state index contributed by atoms with van der Waals surface area (Å²) < 4.78 is -3.50. The second-order valence-electron chi connectivity index (χ2n) is 2.35. The van der Waals surface area contributed by atoms with E-state index in [-0.39, 0.29) is 23.1 Å². The van der Waals surface area contributed by atoms with E-state index < -0.39 is 20.6 Å². The van der Waals surface area contributed by atoms with Crippen LogP contribution < -0.4 is 10.2 Å². The molecule has 84 valence electrons. The fourth-order valence-corrected chi connectivity index (χ4v) is 0. The monoisotopic (exact) mass is 306 g/mol. The molecule has 0 N–H and O–H groups in total. The molecule has 4 nitrogen and oxygen atoms in total. The molecule has 0 saturated carbocycles. The summed E-state index contributed by atoms with van der Waals surface area (Å²) in [5.74, 6) is -2.95. The van der Waals surface area contributed by atoms with E-state index in [4.69, 9.17) is 46.4 Å². The zero-order valence-electron chi connectivity index (χ0n) is 7.85. The number of hydrogen-bond acceptors (Lipinski definition) is 4. The van der Waals surface area contributed by atoms with Gasteiger partial charge in [-0.25, -0.2) is 0 Å². The van der Waals surface area contributed by atoms with Crippen molar-refractivity contribution in [1.29, 1.82) is 0 Å². The van der Waals surface area contributed by atoms with Crippen LogP contribution in [0.25, 0.3) is 0 Å². The quantitative estimate of drug-likeness (QED) is 0.508. The summed E-state index contributed by atoms with van der Waals surface area (Å²) in [5.41, 5.74) is 0. The van der Waals surface area contributed by atoms with Crippen LogP contribution in [0.5, 0.6) is 0 Å². The number of halogens is 4. The predicted octanol–water partition coefficient (Wildman–Crippen LogP) is -0.521. The second kappa shape index (κ2) is 8.03. The standard InChI is InChI=1S/2C3H4Cl2O2.Mg/c2*1-3(4,5)2(6)7;/h2*1H3,(H,6,7);/q;;+2/p-2. The van der Waals surface area contributed by atoms with Crippen molar-refractivity contribution >= 4 is 81.4 Å². The second-order valence-corrected chi connectivity index (χ2v) is 5.76. The zero-order chi connectivity index (χ0) is 12.2. The summed E-state index contributed by atoms with van der Waals surface area (Å²) in [5, 5.41) is 19.3. The number of carbonyl (C=O) groups excluding carboxylic acids is 2. The third-order valence-corrected chi connectivity index (χ3v) is 1.33. The number of carbonyl (C=O) groups is 2. The molecule has 0 amide bonds. The first-order valence-corrected chi connectivity index (χ1v) is 4.58. The molecule has 0 aromatic heterocycles. The number of carboxylic acids is 2. The number of rotatable bonds is 2. The zero-order valence-corrected chi connectivity index (χ0v) is 12.3. The van der Waals surface area contributed by atoms with Gasteiger partial charge in [0.2, 0.25) is 0 Å². The van der Waals surface area contributed by atoms with Crippen molar-refractivity contribution in [2.75, 3.05) is 0 Å². The number of alkyl halides is 4. The SMILES string of the molecule is CC(Cl)(Cl)C(=O)[O-].CC(Cl)(Cl)C(=O)[O-].[Mg+2]. The molecule has 0 saturated heterocycles. The Hall–Kier alpha value is 0.866. The molecule has 0 aliphatic heterocycles. The first kappa shape index (κ1) is 21.2. The Labute approximate surface area is 123 Å². The Morgan fingerprint density at radius 1 is 0.867 bits per heavy atom. The Kier molecular flexibility index (Phi) is 11.3. The van der Waals surface area contributed by atoms with Gasteiger partial charge < -0.3 is 19.8 Å². The molecular formula is C6H6Cl4MgO4. The van der Waals surface area contributed by atoms with Gasteiger partial charge in [-0.15, -0.1) is 0 Å². The van der Waals surface area contributed by atoms with Gasteiger partial charge in [-0.05, 0) is 13.8 Å². The summed E-state index contributed by atoms with van der Waals surface area (Å²) in [6, 6.07) is 0. The molecule has 0 radical (unpaired) electrons. The summed E-state index contributed by atoms with van der Waals surface area (Å²) in [6.07, 6.45) is 0. The molecule has 0 aromatic rings. The van der Waals surface area contributed by atoms with Gasteiger partial charge in [0, 0.05) is 0 Å². The van der Waals surface area contributed by atoms with Crippen LogP contribution >= 0.6 is 46.4 Å². The smallest absolute Gasteiger partial charge is 0.547 e. The maximum Gasteiger partial charge on any atom is 2.00 e. The van der Waals surface area contributed by atoms with Crippen LogP contribution in [0.1, 0.15) is 13.8 Å². The van der Waals surface area contributed by atoms with E-state index >= 15 is 0 Å². The van der Waals surface area contributed by atoms with Crippen molar-refractivity contribution in [2.45, 2.75) is 22.5 Å². The van der Waals surface area contributed by atoms with Crippen molar-refractivity contribution in [3.63, 3.8) is 0 Å². The molecule has 0 aromatic carbocycles. The molecule has 15 heavy (non-hydrogen) atoms. The van der Waals surface area contributed by atoms with Crippen molar-refractivity contribution in [3.05, 3.63) is 0 Å². The maximum atomic E-state index is 9.65. The van der Waals surface area contributed by atoms with E-state index in [9.17, 15) is 19.8 Å². The van der Waals surface area contributed by atoms with Gasteiger partial charge in [-0.2, -0.15) is 0 Å². The third-order valence-electron chi connectivity index (χ3n) is 0.717. The molecule has 0 aliphatic rings. The van der Waals surface area contributed by atoms with Gasteiger partial charge in [-0.1, -0.05) is 46.4 Å². The number of aliphatic carboxylic acids is 2. The van der Waals surface area contributed by atoms with Gasteiger partial charge in [0.05, 0.1) is 11.9 Å². The van der Waals surface area contributed by atoms with Gasteiger partial charge in [-0.3, -0.25) is 0 Å². The predicted molar refractivity (Wildman–Crippen MR) is 56.0 cm³/mol. The van der Waals surface area contributed by atoms with E-state index in [1.54, 1.807) is 0 Å². The third kappa shape index (κ3) is 14.9. The average Bonchev–Trinajstić information content (AvgIpc) is 1.83. The van der Waals surface area contributed by atoms with Gasteiger partial charge in [0.25, 0.3) is 0 Å².